The molecular weight excluding hydrogens is 1290 g/mol. The van der Waals surface area contributed by atoms with Crippen LogP contribution in [-0.2, 0) is 55.8 Å². The molecule has 0 fully saturated rings. The first-order chi connectivity index (χ1) is 48.2. The summed E-state index contributed by atoms with van der Waals surface area (Å²) in [6, 6.07) is 0. The van der Waals surface area contributed by atoms with Gasteiger partial charge in [0, 0.05) is 19.3 Å². The molecule has 0 amide bonds. The van der Waals surface area contributed by atoms with Crippen molar-refractivity contribution in [1.82, 2.24) is 0 Å². The van der Waals surface area contributed by atoms with E-state index in [2.05, 4.69) is 142 Å². The van der Waals surface area contributed by atoms with Crippen molar-refractivity contribution in [3.05, 3.63) is 122 Å². The van der Waals surface area contributed by atoms with Gasteiger partial charge in [0.2, 0.25) is 0 Å². The van der Waals surface area contributed by atoms with Gasteiger partial charge in [-0.25, -0.2) is 9.13 Å². The van der Waals surface area contributed by atoms with Crippen LogP contribution in [0.25, 0.3) is 0 Å². The molecule has 0 aliphatic heterocycles. The van der Waals surface area contributed by atoms with Crippen LogP contribution in [0.5, 0.6) is 0 Å². The zero-order chi connectivity index (χ0) is 72.3. The van der Waals surface area contributed by atoms with Crippen LogP contribution < -0.4 is 0 Å². The van der Waals surface area contributed by atoms with Gasteiger partial charge in [-0.3, -0.25) is 32.5 Å². The number of esters is 3. The Hall–Kier alpha value is -4.05. The predicted molar refractivity (Wildman–Crippen MR) is 408 cm³/mol. The van der Waals surface area contributed by atoms with Gasteiger partial charge in [0.15, 0.2) is 6.10 Å². The van der Waals surface area contributed by atoms with E-state index in [1.807, 2.05) is 0 Å². The average molecular weight is 1430 g/mol. The first-order valence-corrected chi connectivity index (χ1v) is 41.8. The smallest absolute Gasteiger partial charge is 0.463 e. The van der Waals surface area contributed by atoms with Crippen molar-refractivity contribution in [2.75, 3.05) is 39.6 Å². The van der Waals surface area contributed by atoms with Gasteiger partial charge in [0.25, 0.3) is 0 Å². The molecule has 5 unspecified atom stereocenters. The summed E-state index contributed by atoms with van der Waals surface area (Å²) in [7, 11) is -9.79. The number of ether oxygens (including phenoxy) is 3. The van der Waals surface area contributed by atoms with E-state index in [0.717, 1.165) is 116 Å². The number of aliphatic hydroxyl groups excluding tert-OH is 2. The van der Waals surface area contributed by atoms with Crippen molar-refractivity contribution >= 4 is 33.6 Å². The average Bonchev–Trinajstić information content (AvgIpc) is 1.22. The van der Waals surface area contributed by atoms with E-state index in [-0.39, 0.29) is 19.3 Å². The zero-order valence-corrected chi connectivity index (χ0v) is 63.9. The standard InChI is InChI=1S/C81H140O16P2/c1-4-7-10-13-16-19-22-24-26-28-30-32-33-34-35-36-37-38-39-40-41-43-45-46-48-50-53-55-58-61-64-67-79(84)91-70-76(82)71-93-98(87,88)94-72-77(83)73-95-99(89,90)96-75-78(97-81(86)69-66-63-60-57-52-21-18-15-12-9-6-3)74-92-80(85)68-65-62-59-56-54-51-49-47-44-42-31-29-27-25-23-20-17-14-11-8-5-2/h8,11,16-17,19-20,24-27,30-32,34-35,42,47,49,54,56,76-78,82-83H,4-7,9-10,12-15,18,21-23,28-29,33,36-41,43-46,48,50-53,55,57-75H2,1-3H3,(H,87,88)(H,89,90)/b11-8-,19-16-,20-17-,26-24-,27-25-,32-30-,35-34-,42-31-,49-47-,56-54-. The van der Waals surface area contributed by atoms with Crippen LogP contribution in [0.1, 0.15) is 316 Å². The number of phosphoric acid groups is 2. The fourth-order valence-electron chi connectivity index (χ4n) is 10.3. The molecule has 5 atom stereocenters. The van der Waals surface area contributed by atoms with E-state index >= 15 is 0 Å². The van der Waals surface area contributed by atoms with Crippen LogP contribution in [-0.4, -0.2) is 95.9 Å². The number of hydrogen-bond donors (Lipinski definition) is 4. The number of carbonyl (C=O) groups is 3. The molecule has 0 saturated carbocycles. The number of allylic oxidation sites excluding steroid dienone is 20. The van der Waals surface area contributed by atoms with Crippen molar-refractivity contribution in [3.8, 4) is 0 Å². The first-order valence-electron chi connectivity index (χ1n) is 38.8. The molecule has 0 radical (unpaired) electrons. The highest BCUT2D eigenvalue weighted by atomic mass is 31.2. The molecule has 0 saturated heterocycles. The van der Waals surface area contributed by atoms with E-state index in [0.29, 0.717) is 19.3 Å². The first kappa shape index (κ1) is 94.9. The lowest BCUT2D eigenvalue weighted by molar-refractivity contribution is -0.161. The van der Waals surface area contributed by atoms with Crippen molar-refractivity contribution < 1.29 is 75.8 Å². The normalized spacial score (nSPS) is 14.7. The molecule has 0 spiro atoms. The van der Waals surface area contributed by atoms with E-state index in [1.54, 1.807) is 0 Å². The lowest BCUT2D eigenvalue weighted by atomic mass is 10.0. The van der Waals surface area contributed by atoms with Gasteiger partial charge >= 0.3 is 33.6 Å². The summed E-state index contributed by atoms with van der Waals surface area (Å²) in [4.78, 5) is 58.5. The molecule has 16 nitrogen and oxygen atoms in total. The SMILES string of the molecule is CC/C=C\C/C=C\C/C=C\C/C=C\C/C=C\C/C=C\CCCCC(=O)OCC(COP(=O)(O)OCC(O)COP(=O)(O)OCC(O)COC(=O)CCCCCCCCCCCCCCCCC/C=C\C/C=C\C/C=C\C/C=C\CCCCC)OC(=O)CCCCCCCCCCCCC. The minimum Gasteiger partial charge on any atom is -0.463 e. The quantitative estimate of drug-likeness (QED) is 0.0146. The van der Waals surface area contributed by atoms with Crippen molar-refractivity contribution in [1.29, 1.82) is 0 Å². The van der Waals surface area contributed by atoms with E-state index in [9.17, 15) is 43.5 Å². The molecule has 0 aromatic carbocycles. The fourth-order valence-corrected chi connectivity index (χ4v) is 11.8. The van der Waals surface area contributed by atoms with Gasteiger partial charge in [-0.1, -0.05) is 303 Å². The highest BCUT2D eigenvalue weighted by molar-refractivity contribution is 7.47. The van der Waals surface area contributed by atoms with Gasteiger partial charge in [-0.15, -0.1) is 0 Å². The summed E-state index contributed by atoms with van der Waals surface area (Å²) >= 11 is 0. The number of unbranched alkanes of at least 4 members (excludes halogenated alkanes) is 30. The topological polar surface area (TPSA) is 231 Å². The van der Waals surface area contributed by atoms with Gasteiger partial charge in [0.05, 0.1) is 26.4 Å². The largest absolute Gasteiger partial charge is 0.472 e. The second-order valence-electron chi connectivity index (χ2n) is 25.8. The Bertz CT molecular complexity index is 2290. The highest BCUT2D eigenvalue weighted by Crippen LogP contribution is 2.45. The van der Waals surface area contributed by atoms with Crippen LogP contribution in [0.4, 0.5) is 0 Å². The van der Waals surface area contributed by atoms with Crippen LogP contribution in [0.15, 0.2) is 122 Å². The van der Waals surface area contributed by atoms with E-state index < -0.39 is 91.5 Å². The summed E-state index contributed by atoms with van der Waals surface area (Å²) in [5.41, 5.74) is 0. The molecule has 18 heteroatoms. The lowest BCUT2D eigenvalue weighted by Gasteiger charge is -2.21. The Kier molecular flexibility index (Phi) is 70.7. The van der Waals surface area contributed by atoms with E-state index in [4.69, 9.17) is 32.3 Å². The number of hydrogen-bond acceptors (Lipinski definition) is 14. The maximum Gasteiger partial charge on any atom is 0.472 e. The monoisotopic (exact) mass is 1430 g/mol. The zero-order valence-electron chi connectivity index (χ0n) is 62.1. The number of rotatable bonds is 73. The van der Waals surface area contributed by atoms with Crippen molar-refractivity contribution in [2.24, 2.45) is 0 Å². The Morgan fingerprint density at radius 3 is 0.889 bits per heavy atom. The molecule has 0 aliphatic rings. The van der Waals surface area contributed by atoms with Crippen molar-refractivity contribution in [3.63, 3.8) is 0 Å². The summed E-state index contributed by atoms with van der Waals surface area (Å²) in [5.74, 6) is -1.62. The minimum atomic E-state index is -4.93. The van der Waals surface area contributed by atoms with Crippen LogP contribution in [0, 0.1) is 0 Å². The molecule has 0 bridgehead atoms. The Morgan fingerprint density at radius 1 is 0.293 bits per heavy atom. The Morgan fingerprint density at radius 2 is 0.535 bits per heavy atom. The molecule has 570 valence electrons. The maximum atomic E-state index is 12.9. The number of phosphoric ester groups is 2. The third-order valence-corrected chi connectivity index (χ3v) is 18.1. The second kappa shape index (κ2) is 73.7. The van der Waals surface area contributed by atoms with Crippen LogP contribution in [0.2, 0.25) is 0 Å². The molecule has 4 N–H and O–H groups in total. The van der Waals surface area contributed by atoms with Gasteiger partial charge in [0.1, 0.15) is 25.4 Å². The highest BCUT2D eigenvalue weighted by Gasteiger charge is 2.29. The second-order valence-corrected chi connectivity index (χ2v) is 28.7. The molecule has 0 heterocycles. The summed E-state index contributed by atoms with van der Waals surface area (Å²) in [5, 5.41) is 20.6. The summed E-state index contributed by atoms with van der Waals surface area (Å²) < 4.78 is 61.0. The third kappa shape index (κ3) is 74.9. The van der Waals surface area contributed by atoms with E-state index in [1.165, 1.54) is 141 Å². The predicted octanol–water partition coefficient (Wildman–Crippen LogP) is 22.5. The fraction of sp³-hybridized carbons (Fsp3) is 0.716. The maximum absolute atomic E-state index is 12.9. The summed E-state index contributed by atoms with van der Waals surface area (Å²) in [6.07, 6.45) is 87.0. The molecule has 99 heavy (non-hydrogen) atoms. The summed E-state index contributed by atoms with van der Waals surface area (Å²) in [6.45, 7) is 2.49. The van der Waals surface area contributed by atoms with Gasteiger partial charge in [-0.2, -0.15) is 0 Å². The molecule has 0 aromatic heterocycles. The third-order valence-electron chi connectivity index (χ3n) is 16.2. The molecule has 0 aromatic rings. The van der Waals surface area contributed by atoms with Crippen molar-refractivity contribution in [2.45, 2.75) is 334 Å². The number of aliphatic hydroxyl groups is 2. The lowest BCUT2D eigenvalue weighted by Crippen LogP contribution is -2.30. The van der Waals surface area contributed by atoms with Gasteiger partial charge in [-0.05, 0) is 116 Å². The molecule has 0 rings (SSSR count). The van der Waals surface area contributed by atoms with Crippen LogP contribution >= 0.6 is 15.6 Å². The van der Waals surface area contributed by atoms with Gasteiger partial charge < -0.3 is 34.2 Å². The number of carbonyl (C=O) groups excluding carboxylic acids is 3. The Labute approximate surface area is 602 Å². The minimum absolute atomic E-state index is 0.0951. The van der Waals surface area contributed by atoms with Crippen LogP contribution in [0.3, 0.4) is 0 Å². The Balaban J connectivity index is 4.44. The molecule has 0 aliphatic carbocycles. The molecular formula is C81H140O16P2.